The fraction of sp³-hybridized carbons (Fsp3) is 0.235. The van der Waals surface area contributed by atoms with E-state index in [4.69, 9.17) is 0 Å². The number of carbonyl (C=O) groups is 1. The summed E-state index contributed by atoms with van der Waals surface area (Å²) < 4.78 is 37.7. The highest BCUT2D eigenvalue weighted by Gasteiger charge is 2.32. The summed E-state index contributed by atoms with van der Waals surface area (Å²) in [6.45, 7) is 1.94. The number of aryl methyl sites for hydroxylation is 1. The van der Waals surface area contributed by atoms with Gasteiger partial charge in [-0.3, -0.25) is 4.79 Å². The van der Waals surface area contributed by atoms with E-state index in [1.807, 2.05) is 25.1 Å². The molecule has 2 nitrogen and oxygen atoms in total. The van der Waals surface area contributed by atoms with Crippen LogP contribution in [-0.2, 0) is 17.4 Å². The summed E-state index contributed by atoms with van der Waals surface area (Å²) in [7, 11) is 0. The molecule has 0 radical (unpaired) electrons. The van der Waals surface area contributed by atoms with Gasteiger partial charge in [0, 0.05) is 5.69 Å². The SMILES string of the molecule is Cc1ccc2c(c1)[C@@H](Cc1ccc(C(F)(F)F)cc1)C(=O)N2. The lowest BCUT2D eigenvalue weighted by Gasteiger charge is -2.11. The van der Waals surface area contributed by atoms with E-state index in [0.29, 0.717) is 12.0 Å². The number of rotatable bonds is 2. The minimum absolute atomic E-state index is 0.111. The molecule has 0 saturated heterocycles. The molecule has 1 atom stereocenters. The molecule has 22 heavy (non-hydrogen) atoms. The van der Waals surface area contributed by atoms with Crippen LogP contribution in [0.1, 0.15) is 28.2 Å². The third-order valence-corrected chi connectivity index (χ3v) is 3.88. The van der Waals surface area contributed by atoms with Crippen molar-refractivity contribution in [3.8, 4) is 0 Å². The van der Waals surface area contributed by atoms with Crippen molar-refractivity contribution in [3.05, 3.63) is 64.7 Å². The Morgan fingerprint density at radius 1 is 1.09 bits per heavy atom. The molecule has 1 aliphatic heterocycles. The first-order chi connectivity index (χ1) is 10.3. The predicted molar refractivity (Wildman–Crippen MR) is 77.7 cm³/mol. The predicted octanol–water partition coefficient (Wildman–Crippen LogP) is 4.29. The van der Waals surface area contributed by atoms with Crippen molar-refractivity contribution < 1.29 is 18.0 Å². The molecule has 0 aliphatic carbocycles. The molecule has 0 saturated carbocycles. The van der Waals surface area contributed by atoms with Gasteiger partial charge in [0.1, 0.15) is 0 Å². The van der Waals surface area contributed by atoms with Crippen LogP contribution in [0.2, 0.25) is 0 Å². The second-order valence-electron chi connectivity index (χ2n) is 5.53. The van der Waals surface area contributed by atoms with Crippen LogP contribution in [0.5, 0.6) is 0 Å². The lowest BCUT2D eigenvalue weighted by molar-refractivity contribution is -0.137. The van der Waals surface area contributed by atoms with Crippen molar-refractivity contribution in [2.24, 2.45) is 0 Å². The summed E-state index contributed by atoms with van der Waals surface area (Å²) in [6, 6.07) is 10.7. The van der Waals surface area contributed by atoms with Gasteiger partial charge in [-0.15, -0.1) is 0 Å². The van der Waals surface area contributed by atoms with Crippen LogP contribution in [0.25, 0.3) is 0 Å². The molecule has 3 rings (SSSR count). The fourth-order valence-corrected chi connectivity index (χ4v) is 2.71. The molecule has 2 aromatic rings. The van der Waals surface area contributed by atoms with Crippen LogP contribution in [0.3, 0.4) is 0 Å². The number of nitrogens with one attached hydrogen (secondary N) is 1. The van der Waals surface area contributed by atoms with Crippen LogP contribution in [0.4, 0.5) is 18.9 Å². The average molecular weight is 305 g/mol. The molecule has 0 aromatic heterocycles. The van der Waals surface area contributed by atoms with E-state index in [-0.39, 0.29) is 11.8 Å². The number of amides is 1. The fourth-order valence-electron chi connectivity index (χ4n) is 2.71. The molecule has 1 aliphatic rings. The molecule has 0 unspecified atom stereocenters. The van der Waals surface area contributed by atoms with Crippen LogP contribution in [0.15, 0.2) is 42.5 Å². The minimum atomic E-state index is -4.34. The Bertz CT molecular complexity index is 720. The molecular weight excluding hydrogens is 291 g/mol. The number of hydrogen-bond donors (Lipinski definition) is 1. The molecule has 1 heterocycles. The number of carbonyl (C=O) groups excluding carboxylic acids is 1. The highest BCUT2D eigenvalue weighted by molar-refractivity contribution is 6.03. The summed E-state index contributed by atoms with van der Waals surface area (Å²) in [5.74, 6) is -0.466. The van der Waals surface area contributed by atoms with E-state index in [1.54, 1.807) is 0 Å². The third-order valence-electron chi connectivity index (χ3n) is 3.88. The zero-order valence-electron chi connectivity index (χ0n) is 11.9. The van der Waals surface area contributed by atoms with E-state index < -0.39 is 11.7 Å². The van der Waals surface area contributed by atoms with Gasteiger partial charge in [-0.2, -0.15) is 13.2 Å². The molecule has 114 valence electrons. The lowest BCUT2D eigenvalue weighted by Crippen LogP contribution is -2.14. The second kappa shape index (κ2) is 5.16. The smallest absolute Gasteiger partial charge is 0.325 e. The summed E-state index contributed by atoms with van der Waals surface area (Å²) in [5, 5.41) is 2.81. The topological polar surface area (TPSA) is 29.1 Å². The summed E-state index contributed by atoms with van der Waals surface area (Å²) >= 11 is 0. The quantitative estimate of drug-likeness (QED) is 0.881. The summed E-state index contributed by atoms with van der Waals surface area (Å²) in [5.41, 5.74) is 2.77. The van der Waals surface area contributed by atoms with Gasteiger partial charge in [-0.05, 0) is 42.7 Å². The highest BCUT2D eigenvalue weighted by Crippen LogP contribution is 2.36. The summed E-state index contributed by atoms with van der Waals surface area (Å²) in [6.07, 6.45) is -3.95. The van der Waals surface area contributed by atoms with Gasteiger partial charge in [0.15, 0.2) is 0 Å². The van der Waals surface area contributed by atoms with Crippen LogP contribution < -0.4 is 5.32 Å². The molecule has 2 aromatic carbocycles. The van der Waals surface area contributed by atoms with Crippen LogP contribution >= 0.6 is 0 Å². The highest BCUT2D eigenvalue weighted by atomic mass is 19.4. The number of hydrogen-bond acceptors (Lipinski definition) is 1. The first-order valence-electron chi connectivity index (χ1n) is 6.92. The summed E-state index contributed by atoms with van der Waals surface area (Å²) in [4.78, 5) is 12.1. The molecule has 0 bridgehead atoms. The van der Waals surface area contributed by atoms with Crippen LogP contribution in [-0.4, -0.2) is 5.91 Å². The first-order valence-corrected chi connectivity index (χ1v) is 6.92. The number of alkyl halides is 3. The van der Waals surface area contributed by atoms with Gasteiger partial charge in [-0.25, -0.2) is 0 Å². The second-order valence-corrected chi connectivity index (χ2v) is 5.53. The van der Waals surface area contributed by atoms with E-state index in [0.717, 1.165) is 28.9 Å². The Hall–Kier alpha value is -2.30. The molecule has 1 amide bonds. The number of anilines is 1. The van der Waals surface area contributed by atoms with Crippen molar-refractivity contribution >= 4 is 11.6 Å². The molecular formula is C17H14F3NO. The number of halogens is 3. The van der Waals surface area contributed by atoms with Crippen molar-refractivity contribution in [2.75, 3.05) is 5.32 Å². The van der Waals surface area contributed by atoms with Gasteiger partial charge >= 0.3 is 6.18 Å². The minimum Gasteiger partial charge on any atom is -0.325 e. The first kappa shape index (κ1) is 14.6. The number of fused-ring (bicyclic) bond motifs is 1. The Kier molecular flexibility index (Phi) is 3.43. The maximum atomic E-state index is 12.6. The van der Waals surface area contributed by atoms with E-state index in [2.05, 4.69) is 5.32 Å². The standard InChI is InChI=1S/C17H14F3NO/c1-10-2-7-15-13(8-10)14(16(22)21-15)9-11-3-5-12(6-4-11)17(18,19)20/h2-8,14H,9H2,1H3,(H,21,22)/t14-/m1/s1. The van der Waals surface area contributed by atoms with Crippen molar-refractivity contribution in [2.45, 2.75) is 25.4 Å². The Morgan fingerprint density at radius 3 is 2.41 bits per heavy atom. The van der Waals surface area contributed by atoms with Crippen LogP contribution in [0, 0.1) is 6.92 Å². The van der Waals surface area contributed by atoms with Crippen molar-refractivity contribution in [3.63, 3.8) is 0 Å². The van der Waals surface area contributed by atoms with Gasteiger partial charge in [0.05, 0.1) is 11.5 Å². The zero-order valence-corrected chi connectivity index (χ0v) is 11.9. The van der Waals surface area contributed by atoms with Gasteiger partial charge in [-0.1, -0.05) is 29.8 Å². The number of benzene rings is 2. The van der Waals surface area contributed by atoms with E-state index in [1.165, 1.54) is 12.1 Å². The third kappa shape index (κ3) is 2.71. The van der Waals surface area contributed by atoms with E-state index in [9.17, 15) is 18.0 Å². The molecule has 1 N–H and O–H groups in total. The normalized spacial score (nSPS) is 17.3. The van der Waals surface area contributed by atoms with Crippen molar-refractivity contribution in [1.29, 1.82) is 0 Å². The van der Waals surface area contributed by atoms with Gasteiger partial charge in [0.2, 0.25) is 5.91 Å². The zero-order chi connectivity index (χ0) is 15.9. The Balaban J connectivity index is 1.85. The molecule has 0 fully saturated rings. The maximum absolute atomic E-state index is 12.6. The molecule has 0 spiro atoms. The van der Waals surface area contributed by atoms with Gasteiger partial charge in [0.25, 0.3) is 0 Å². The Morgan fingerprint density at radius 2 is 1.77 bits per heavy atom. The van der Waals surface area contributed by atoms with Crippen molar-refractivity contribution in [1.82, 2.24) is 0 Å². The molecule has 5 heteroatoms. The van der Waals surface area contributed by atoms with E-state index >= 15 is 0 Å². The average Bonchev–Trinajstić information content (AvgIpc) is 2.75. The lowest BCUT2D eigenvalue weighted by atomic mass is 9.92. The maximum Gasteiger partial charge on any atom is 0.416 e. The van der Waals surface area contributed by atoms with Gasteiger partial charge < -0.3 is 5.32 Å². The Labute approximate surface area is 126 Å². The monoisotopic (exact) mass is 305 g/mol. The largest absolute Gasteiger partial charge is 0.416 e.